The standard InChI is InChI=1S/C14H24F2OSi/c1-11-6-7-12(14(15)16)13(10-11)17-8-5-9-18(2,3)4/h10,14H,5-9H2,1-4H3. The molecule has 0 N–H and O–H groups in total. The van der Waals surface area contributed by atoms with Gasteiger partial charge in [0.05, 0.1) is 6.61 Å². The van der Waals surface area contributed by atoms with E-state index in [0.717, 1.165) is 18.4 Å². The van der Waals surface area contributed by atoms with Gasteiger partial charge in [0.25, 0.3) is 6.43 Å². The summed E-state index contributed by atoms with van der Waals surface area (Å²) >= 11 is 0. The van der Waals surface area contributed by atoms with E-state index in [1.54, 1.807) is 6.08 Å². The van der Waals surface area contributed by atoms with Crippen LogP contribution < -0.4 is 0 Å². The van der Waals surface area contributed by atoms with Crippen molar-refractivity contribution in [2.45, 2.75) is 58.3 Å². The molecule has 18 heavy (non-hydrogen) atoms. The van der Waals surface area contributed by atoms with Crippen LogP contribution in [0.5, 0.6) is 0 Å². The fraction of sp³-hybridized carbons (Fsp3) is 0.714. The molecule has 1 aliphatic rings. The van der Waals surface area contributed by atoms with Gasteiger partial charge in [-0.25, -0.2) is 8.78 Å². The molecule has 0 aliphatic heterocycles. The Morgan fingerprint density at radius 3 is 2.50 bits per heavy atom. The first-order valence-corrected chi connectivity index (χ1v) is 10.3. The van der Waals surface area contributed by atoms with Crippen LogP contribution in [-0.2, 0) is 4.74 Å². The summed E-state index contributed by atoms with van der Waals surface area (Å²) in [6.07, 6.45) is 1.51. The zero-order valence-electron chi connectivity index (χ0n) is 11.9. The lowest BCUT2D eigenvalue weighted by Crippen LogP contribution is -2.19. The van der Waals surface area contributed by atoms with Crippen molar-refractivity contribution >= 4 is 8.07 Å². The monoisotopic (exact) mass is 274 g/mol. The highest BCUT2D eigenvalue weighted by Gasteiger charge is 2.21. The molecule has 0 amide bonds. The largest absolute Gasteiger partial charge is 0.493 e. The first-order chi connectivity index (χ1) is 8.29. The number of ether oxygens (including phenoxy) is 1. The molecular formula is C14H24F2OSi. The molecule has 0 aromatic carbocycles. The number of halogens is 2. The van der Waals surface area contributed by atoms with Crippen LogP contribution in [0, 0.1) is 0 Å². The first-order valence-electron chi connectivity index (χ1n) is 6.61. The van der Waals surface area contributed by atoms with Crippen LogP contribution >= 0.6 is 0 Å². The maximum atomic E-state index is 12.8. The highest BCUT2D eigenvalue weighted by atomic mass is 28.3. The van der Waals surface area contributed by atoms with E-state index in [1.807, 2.05) is 6.92 Å². The van der Waals surface area contributed by atoms with E-state index in [-0.39, 0.29) is 5.57 Å². The highest BCUT2D eigenvalue weighted by Crippen LogP contribution is 2.29. The van der Waals surface area contributed by atoms with Gasteiger partial charge in [-0.05, 0) is 32.3 Å². The van der Waals surface area contributed by atoms with Gasteiger partial charge in [-0.2, -0.15) is 0 Å². The SMILES string of the molecule is CC1=CC(OCCC[Si](C)(C)C)=C(C(F)F)CC1. The quantitative estimate of drug-likeness (QED) is 0.490. The van der Waals surface area contributed by atoms with Crippen LogP contribution in [0.15, 0.2) is 23.0 Å². The first kappa shape index (κ1) is 15.4. The van der Waals surface area contributed by atoms with Gasteiger partial charge in [-0.15, -0.1) is 0 Å². The normalized spacial score (nSPS) is 17.2. The average Bonchev–Trinajstić information content (AvgIpc) is 2.22. The molecular weight excluding hydrogens is 250 g/mol. The third-order valence-corrected chi connectivity index (χ3v) is 4.93. The molecule has 0 radical (unpaired) electrons. The zero-order valence-corrected chi connectivity index (χ0v) is 12.9. The lowest BCUT2D eigenvalue weighted by Gasteiger charge is -2.20. The summed E-state index contributed by atoms with van der Waals surface area (Å²) in [4.78, 5) is 0. The Bertz CT molecular complexity index is 340. The van der Waals surface area contributed by atoms with E-state index >= 15 is 0 Å². The molecule has 0 saturated heterocycles. The molecule has 0 unspecified atom stereocenters. The summed E-state index contributed by atoms with van der Waals surface area (Å²) < 4.78 is 31.2. The Morgan fingerprint density at radius 1 is 1.28 bits per heavy atom. The summed E-state index contributed by atoms with van der Waals surface area (Å²) in [6, 6.07) is 1.17. The number of allylic oxidation sites excluding steroid dienone is 3. The molecule has 0 atom stereocenters. The molecule has 0 aromatic rings. The number of rotatable bonds is 6. The Kier molecular flexibility index (Phi) is 5.57. The molecule has 0 spiro atoms. The van der Waals surface area contributed by atoms with Gasteiger partial charge >= 0.3 is 0 Å². The van der Waals surface area contributed by atoms with Crippen LogP contribution in [-0.4, -0.2) is 21.1 Å². The topological polar surface area (TPSA) is 9.23 Å². The minimum Gasteiger partial charge on any atom is -0.493 e. The molecule has 1 nitrogen and oxygen atoms in total. The Labute approximate surface area is 110 Å². The van der Waals surface area contributed by atoms with E-state index < -0.39 is 14.5 Å². The van der Waals surface area contributed by atoms with Gasteiger partial charge in [0.15, 0.2) is 0 Å². The minimum atomic E-state index is -2.39. The van der Waals surface area contributed by atoms with Gasteiger partial charge < -0.3 is 4.74 Å². The lowest BCUT2D eigenvalue weighted by molar-refractivity contribution is 0.159. The molecule has 104 valence electrons. The number of hydrogen-bond acceptors (Lipinski definition) is 1. The minimum absolute atomic E-state index is 0.175. The lowest BCUT2D eigenvalue weighted by atomic mass is 9.98. The van der Waals surface area contributed by atoms with E-state index in [9.17, 15) is 8.78 Å². The zero-order chi connectivity index (χ0) is 13.8. The number of hydrogen-bond donors (Lipinski definition) is 0. The average molecular weight is 274 g/mol. The van der Waals surface area contributed by atoms with E-state index in [0.29, 0.717) is 18.8 Å². The summed E-state index contributed by atoms with van der Waals surface area (Å²) in [5.41, 5.74) is 1.30. The van der Waals surface area contributed by atoms with Gasteiger partial charge in [-0.3, -0.25) is 0 Å². The fourth-order valence-corrected chi connectivity index (χ4v) is 3.18. The molecule has 0 bridgehead atoms. The molecule has 0 fully saturated rings. The van der Waals surface area contributed by atoms with Crippen molar-refractivity contribution in [1.82, 2.24) is 0 Å². The summed E-state index contributed by atoms with van der Waals surface area (Å²) in [5, 5.41) is 0. The second-order valence-corrected chi connectivity index (χ2v) is 11.8. The van der Waals surface area contributed by atoms with Gasteiger partial charge in [0, 0.05) is 13.6 Å². The predicted molar refractivity (Wildman–Crippen MR) is 74.7 cm³/mol. The van der Waals surface area contributed by atoms with Gasteiger partial charge in [0.2, 0.25) is 0 Å². The Balaban J connectivity index is 2.52. The van der Waals surface area contributed by atoms with Gasteiger partial charge in [0.1, 0.15) is 5.76 Å². The van der Waals surface area contributed by atoms with Crippen LogP contribution in [0.25, 0.3) is 0 Å². The van der Waals surface area contributed by atoms with E-state index in [1.165, 1.54) is 6.04 Å². The van der Waals surface area contributed by atoms with Crippen LogP contribution in [0.3, 0.4) is 0 Å². The second-order valence-electron chi connectivity index (χ2n) is 6.19. The van der Waals surface area contributed by atoms with Crippen molar-refractivity contribution in [2.24, 2.45) is 0 Å². The third-order valence-electron chi connectivity index (χ3n) is 3.07. The third kappa shape index (κ3) is 5.34. The van der Waals surface area contributed by atoms with Crippen LogP contribution in [0.4, 0.5) is 8.78 Å². The van der Waals surface area contributed by atoms with Crippen LogP contribution in [0.1, 0.15) is 26.2 Å². The number of alkyl halides is 2. The molecule has 0 aromatic heterocycles. The van der Waals surface area contributed by atoms with Crippen molar-refractivity contribution in [3.63, 3.8) is 0 Å². The fourth-order valence-electron chi connectivity index (χ4n) is 1.98. The van der Waals surface area contributed by atoms with Crippen molar-refractivity contribution in [3.05, 3.63) is 23.0 Å². The summed E-state index contributed by atoms with van der Waals surface area (Å²) in [7, 11) is -1.06. The Hall–Kier alpha value is -0.643. The summed E-state index contributed by atoms with van der Waals surface area (Å²) in [6.45, 7) is 9.44. The summed E-state index contributed by atoms with van der Waals surface area (Å²) in [5.74, 6) is 0.421. The maximum Gasteiger partial charge on any atom is 0.263 e. The second kappa shape index (κ2) is 6.50. The van der Waals surface area contributed by atoms with Gasteiger partial charge in [-0.1, -0.05) is 31.3 Å². The van der Waals surface area contributed by atoms with Crippen LogP contribution in [0.2, 0.25) is 25.7 Å². The molecule has 1 rings (SSSR count). The molecule has 0 heterocycles. The molecule has 0 saturated carbocycles. The predicted octanol–water partition coefficient (Wildman–Crippen LogP) is 4.99. The molecule has 4 heteroatoms. The van der Waals surface area contributed by atoms with Crippen molar-refractivity contribution < 1.29 is 13.5 Å². The molecule has 1 aliphatic carbocycles. The smallest absolute Gasteiger partial charge is 0.263 e. The van der Waals surface area contributed by atoms with Crippen molar-refractivity contribution in [1.29, 1.82) is 0 Å². The highest BCUT2D eigenvalue weighted by molar-refractivity contribution is 6.76. The Morgan fingerprint density at radius 2 is 1.94 bits per heavy atom. The van der Waals surface area contributed by atoms with Crippen molar-refractivity contribution in [2.75, 3.05) is 6.61 Å². The van der Waals surface area contributed by atoms with E-state index in [4.69, 9.17) is 4.74 Å². The van der Waals surface area contributed by atoms with Crippen molar-refractivity contribution in [3.8, 4) is 0 Å². The maximum absolute atomic E-state index is 12.8. The van der Waals surface area contributed by atoms with E-state index in [2.05, 4.69) is 19.6 Å².